The fourth-order valence-corrected chi connectivity index (χ4v) is 4.65. The normalized spacial score (nSPS) is 22.0. The fraction of sp³-hybridized carbons (Fsp3) is 0.526. The van der Waals surface area contributed by atoms with Crippen LogP contribution in [0.5, 0.6) is 0 Å². The third-order valence-electron chi connectivity index (χ3n) is 4.75. The number of carbonyl (C=O) groups excluding carboxylic acids is 2. The molecule has 1 fully saturated rings. The molecular formula is C19H25NO5S. The lowest BCUT2D eigenvalue weighted by Crippen LogP contribution is -2.40. The number of thioether (sulfide) groups is 1. The summed E-state index contributed by atoms with van der Waals surface area (Å²) in [6.07, 6.45) is 0.366. The Bertz CT molecular complexity index is 691. The first-order chi connectivity index (χ1) is 12.3. The van der Waals surface area contributed by atoms with Crippen LogP contribution < -0.4 is 5.32 Å². The largest absolute Gasteiger partial charge is 0.481 e. The third kappa shape index (κ3) is 5.00. The van der Waals surface area contributed by atoms with Crippen molar-refractivity contribution in [2.24, 2.45) is 5.92 Å². The Labute approximate surface area is 157 Å². The molecule has 2 rings (SSSR count). The number of carboxylic acid groups (broad SMARTS) is 1. The molecule has 0 bridgehead atoms. The summed E-state index contributed by atoms with van der Waals surface area (Å²) in [7, 11) is 1.36. The van der Waals surface area contributed by atoms with Crippen molar-refractivity contribution < 1.29 is 24.2 Å². The van der Waals surface area contributed by atoms with E-state index in [1.165, 1.54) is 24.4 Å². The van der Waals surface area contributed by atoms with Crippen LogP contribution in [0.4, 0.5) is 0 Å². The number of hydrogen-bond donors (Lipinski definition) is 2. The minimum Gasteiger partial charge on any atom is -0.481 e. The Morgan fingerprint density at radius 1 is 1.23 bits per heavy atom. The van der Waals surface area contributed by atoms with E-state index in [1.54, 1.807) is 0 Å². The molecule has 0 saturated carbocycles. The predicted molar refractivity (Wildman–Crippen MR) is 100 cm³/mol. The van der Waals surface area contributed by atoms with Gasteiger partial charge in [0.25, 0.3) is 0 Å². The van der Waals surface area contributed by atoms with E-state index in [1.807, 2.05) is 26.0 Å². The van der Waals surface area contributed by atoms with Crippen LogP contribution in [0.25, 0.3) is 0 Å². The molecule has 1 aliphatic heterocycles. The summed E-state index contributed by atoms with van der Waals surface area (Å²) in [6.45, 7) is 4.08. The van der Waals surface area contributed by atoms with Crippen LogP contribution in [0, 0.1) is 19.8 Å². The summed E-state index contributed by atoms with van der Waals surface area (Å²) >= 11 is 1.53. The van der Waals surface area contributed by atoms with Gasteiger partial charge in [0.1, 0.15) is 0 Å². The zero-order valence-electron chi connectivity index (χ0n) is 15.3. The monoisotopic (exact) mass is 379 g/mol. The molecular weight excluding hydrogens is 354 g/mol. The van der Waals surface area contributed by atoms with Gasteiger partial charge in [0.05, 0.1) is 18.4 Å². The van der Waals surface area contributed by atoms with Crippen molar-refractivity contribution in [3.63, 3.8) is 0 Å². The summed E-state index contributed by atoms with van der Waals surface area (Å²) in [5, 5.41) is 11.2. The Balaban J connectivity index is 2.10. The number of hydrogen-bond acceptors (Lipinski definition) is 5. The second kappa shape index (κ2) is 9.07. The maximum atomic E-state index is 12.4. The Morgan fingerprint density at radius 3 is 2.58 bits per heavy atom. The number of benzene rings is 1. The molecule has 0 aliphatic carbocycles. The maximum absolute atomic E-state index is 12.4. The van der Waals surface area contributed by atoms with Crippen molar-refractivity contribution in [1.82, 2.24) is 5.32 Å². The number of aliphatic carboxylic acids is 1. The van der Waals surface area contributed by atoms with E-state index in [-0.39, 0.29) is 42.4 Å². The molecule has 3 unspecified atom stereocenters. The minimum absolute atomic E-state index is 0.0314. The zero-order chi connectivity index (χ0) is 19.3. The van der Waals surface area contributed by atoms with Gasteiger partial charge in [0.15, 0.2) is 0 Å². The first-order valence-corrected chi connectivity index (χ1v) is 9.66. The topological polar surface area (TPSA) is 92.7 Å². The molecule has 142 valence electrons. The molecule has 1 saturated heterocycles. The molecule has 6 nitrogen and oxygen atoms in total. The zero-order valence-corrected chi connectivity index (χ0v) is 16.1. The molecule has 0 aromatic heterocycles. The number of esters is 1. The molecule has 1 heterocycles. The predicted octanol–water partition coefficient (Wildman–Crippen LogP) is 2.62. The molecule has 1 aliphatic rings. The Hall–Kier alpha value is -2.02. The standard InChI is InChI=1S/C19H25NO5S/c1-11-7-8-13(9-12(11)2)14-10-26-18(17(14)19(24)25-3)20-15(21)5-4-6-16(22)23/h7-9,14,17-18H,4-6,10H2,1-3H3,(H,20,21)(H,22,23). The quantitative estimate of drug-likeness (QED) is 0.708. The summed E-state index contributed by atoms with van der Waals surface area (Å²) in [5.74, 6) is -1.28. The van der Waals surface area contributed by atoms with Crippen molar-refractivity contribution in [2.45, 2.75) is 44.4 Å². The van der Waals surface area contributed by atoms with Crippen molar-refractivity contribution in [2.75, 3.05) is 12.9 Å². The molecule has 7 heteroatoms. The number of rotatable bonds is 7. The van der Waals surface area contributed by atoms with E-state index in [0.717, 1.165) is 11.1 Å². The van der Waals surface area contributed by atoms with Gasteiger partial charge < -0.3 is 15.2 Å². The van der Waals surface area contributed by atoms with Gasteiger partial charge >= 0.3 is 11.9 Å². The van der Waals surface area contributed by atoms with E-state index < -0.39 is 11.9 Å². The van der Waals surface area contributed by atoms with Gasteiger partial charge in [0.2, 0.25) is 5.91 Å². The summed E-state index contributed by atoms with van der Waals surface area (Å²) < 4.78 is 4.98. The molecule has 2 N–H and O–H groups in total. The number of carbonyl (C=O) groups is 3. The summed E-state index contributed by atoms with van der Waals surface area (Å²) in [6, 6.07) is 6.16. The number of methoxy groups -OCH3 is 1. The van der Waals surface area contributed by atoms with Crippen LogP contribution in [0.2, 0.25) is 0 Å². The lowest BCUT2D eigenvalue weighted by atomic mass is 9.86. The first-order valence-electron chi connectivity index (χ1n) is 8.61. The van der Waals surface area contributed by atoms with Crippen molar-refractivity contribution >= 4 is 29.6 Å². The number of carboxylic acids is 1. The van der Waals surface area contributed by atoms with E-state index in [0.29, 0.717) is 5.75 Å². The third-order valence-corrected chi connectivity index (χ3v) is 6.07. The van der Waals surface area contributed by atoms with E-state index in [2.05, 4.69) is 11.4 Å². The van der Waals surface area contributed by atoms with Crippen molar-refractivity contribution in [1.29, 1.82) is 0 Å². The maximum Gasteiger partial charge on any atom is 0.312 e. The Kier molecular flexibility index (Phi) is 7.08. The number of aryl methyl sites for hydroxylation is 2. The van der Waals surface area contributed by atoms with Crippen LogP contribution in [-0.2, 0) is 19.1 Å². The minimum atomic E-state index is -0.921. The van der Waals surface area contributed by atoms with E-state index >= 15 is 0 Å². The highest BCUT2D eigenvalue weighted by Crippen LogP contribution is 2.43. The van der Waals surface area contributed by atoms with E-state index in [4.69, 9.17) is 9.84 Å². The highest BCUT2D eigenvalue weighted by molar-refractivity contribution is 8.00. The van der Waals surface area contributed by atoms with Gasteiger partial charge in [-0.05, 0) is 37.0 Å². The number of amides is 1. The molecule has 1 aromatic rings. The van der Waals surface area contributed by atoms with Gasteiger partial charge in [-0.2, -0.15) is 0 Å². The van der Waals surface area contributed by atoms with Crippen LogP contribution in [-0.4, -0.2) is 41.2 Å². The second-order valence-electron chi connectivity index (χ2n) is 6.57. The average Bonchev–Trinajstić information content (AvgIpc) is 2.99. The van der Waals surface area contributed by atoms with Crippen LogP contribution in [0.1, 0.15) is 41.9 Å². The lowest BCUT2D eigenvalue weighted by molar-refractivity contribution is -0.146. The lowest BCUT2D eigenvalue weighted by Gasteiger charge is -2.23. The molecule has 0 spiro atoms. The molecule has 1 aromatic carbocycles. The van der Waals surface area contributed by atoms with Gasteiger partial charge in [-0.15, -0.1) is 11.8 Å². The molecule has 26 heavy (non-hydrogen) atoms. The van der Waals surface area contributed by atoms with Gasteiger partial charge in [-0.1, -0.05) is 18.2 Å². The molecule has 3 atom stereocenters. The van der Waals surface area contributed by atoms with Crippen LogP contribution >= 0.6 is 11.8 Å². The highest BCUT2D eigenvalue weighted by atomic mass is 32.2. The smallest absolute Gasteiger partial charge is 0.312 e. The van der Waals surface area contributed by atoms with Gasteiger partial charge in [-0.3, -0.25) is 14.4 Å². The first kappa shape index (κ1) is 20.3. The molecule has 0 radical (unpaired) electrons. The summed E-state index contributed by atoms with van der Waals surface area (Å²) in [5.41, 5.74) is 3.42. The number of ether oxygens (including phenoxy) is 1. The van der Waals surface area contributed by atoms with E-state index in [9.17, 15) is 14.4 Å². The average molecular weight is 379 g/mol. The van der Waals surface area contributed by atoms with Gasteiger partial charge in [0, 0.05) is 24.5 Å². The number of nitrogens with one attached hydrogen (secondary N) is 1. The second-order valence-corrected chi connectivity index (χ2v) is 7.74. The summed E-state index contributed by atoms with van der Waals surface area (Å²) in [4.78, 5) is 35.0. The van der Waals surface area contributed by atoms with Gasteiger partial charge in [-0.25, -0.2) is 0 Å². The SMILES string of the molecule is COC(=O)C1C(NC(=O)CCCC(=O)O)SCC1c1ccc(C)c(C)c1. The molecule has 1 amide bonds. The van der Waals surface area contributed by atoms with Crippen molar-refractivity contribution in [3.8, 4) is 0 Å². The fourth-order valence-electron chi connectivity index (χ4n) is 3.11. The van der Waals surface area contributed by atoms with Crippen molar-refractivity contribution in [3.05, 3.63) is 34.9 Å². The highest BCUT2D eigenvalue weighted by Gasteiger charge is 2.44. The van der Waals surface area contributed by atoms with Crippen LogP contribution in [0.15, 0.2) is 18.2 Å². The Morgan fingerprint density at radius 2 is 1.96 bits per heavy atom. The van der Waals surface area contributed by atoms with Crippen LogP contribution in [0.3, 0.4) is 0 Å².